The fourth-order valence-electron chi connectivity index (χ4n) is 5.76. The molecule has 0 N–H and O–H groups in total. The van der Waals surface area contributed by atoms with Crippen molar-refractivity contribution in [2.75, 3.05) is 49.8 Å². The average molecular weight is 664 g/mol. The van der Waals surface area contributed by atoms with Crippen LogP contribution in [-0.4, -0.2) is 88.1 Å². The second-order valence-electron chi connectivity index (χ2n) is 12.0. The molecule has 0 atom stereocenters. The van der Waals surface area contributed by atoms with Gasteiger partial charge >= 0.3 is 8.80 Å². The molecule has 6 aromatic rings. The molecule has 1 saturated heterocycles. The SMILES string of the molecule is COc1ccc(CN(Cc2nc3ccccc3n2COCC[Si+](C)C)c2nc(N3CCOCC3)nc3c(-c4ccnnc4)cnn23)cc1. The summed E-state index contributed by atoms with van der Waals surface area (Å²) in [6.45, 7) is 9.35. The molecule has 246 valence electrons. The van der Waals surface area contributed by atoms with Crippen molar-refractivity contribution in [1.29, 1.82) is 0 Å². The molecule has 1 fully saturated rings. The van der Waals surface area contributed by atoms with E-state index in [1.54, 1.807) is 19.5 Å². The smallest absolute Gasteiger partial charge is 0.310 e. The van der Waals surface area contributed by atoms with Gasteiger partial charge in [-0.25, -0.2) is 4.98 Å². The lowest BCUT2D eigenvalue weighted by atomic mass is 10.2. The molecule has 0 unspecified atom stereocenters. The molecule has 0 saturated carbocycles. The highest BCUT2D eigenvalue weighted by Crippen LogP contribution is 2.29. The van der Waals surface area contributed by atoms with E-state index in [4.69, 9.17) is 34.3 Å². The summed E-state index contributed by atoms with van der Waals surface area (Å²) in [6.07, 6.45) is 5.22. The number of morpholine rings is 1. The number of rotatable bonds is 13. The minimum Gasteiger partial charge on any atom is -0.497 e. The summed E-state index contributed by atoms with van der Waals surface area (Å²) >= 11 is 0. The van der Waals surface area contributed by atoms with Gasteiger partial charge in [-0.2, -0.15) is 29.8 Å². The number of ether oxygens (including phenoxy) is 3. The van der Waals surface area contributed by atoms with Crippen LogP contribution in [0.2, 0.25) is 19.1 Å². The van der Waals surface area contributed by atoms with Crippen molar-refractivity contribution in [3.8, 4) is 16.9 Å². The first-order chi connectivity index (χ1) is 23.6. The molecule has 48 heavy (non-hydrogen) atoms. The van der Waals surface area contributed by atoms with Crippen LogP contribution in [-0.2, 0) is 29.3 Å². The average Bonchev–Trinajstić information content (AvgIpc) is 3.71. The fraction of sp³-hybridized carbons (Fsp3) is 0.353. The number of imidazole rings is 1. The van der Waals surface area contributed by atoms with Gasteiger partial charge in [0.25, 0.3) is 0 Å². The Hall–Kier alpha value is -4.92. The van der Waals surface area contributed by atoms with Crippen LogP contribution in [0.4, 0.5) is 11.9 Å². The number of fused-ring (bicyclic) bond motifs is 2. The zero-order chi connectivity index (χ0) is 32.9. The van der Waals surface area contributed by atoms with Crippen LogP contribution in [0.1, 0.15) is 11.4 Å². The lowest BCUT2D eigenvalue weighted by Crippen LogP contribution is -2.38. The van der Waals surface area contributed by atoms with E-state index < -0.39 is 0 Å². The van der Waals surface area contributed by atoms with Gasteiger partial charge in [0.15, 0.2) is 5.65 Å². The number of para-hydroxylation sites is 2. The number of aromatic nitrogens is 8. The maximum absolute atomic E-state index is 6.23. The van der Waals surface area contributed by atoms with Crippen molar-refractivity contribution in [2.24, 2.45) is 0 Å². The largest absolute Gasteiger partial charge is 0.497 e. The van der Waals surface area contributed by atoms with Crippen molar-refractivity contribution in [1.82, 2.24) is 39.3 Å². The molecule has 0 amide bonds. The van der Waals surface area contributed by atoms with E-state index in [2.05, 4.69) is 55.9 Å². The van der Waals surface area contributed by atoms with Crippen molar-refractivity contribution in [3.05, 3.63) is 84.6 Å². The molecular weight excluding hydrogens is 625 g/mol. The summed E-state index contributed by atoms with van der Waals surface area (Å²) in [5.41, 5.74) is 5.44. The van der Waals surface area contributed by atoms with Crippen LogP contribution >= 0.6 is 0 Å². The van der Waals surface area contributed by atoms with Gasteiger partial charge in [-0.15, -0.1) is 0 Å². The van der Waals surface area contributed by atoms with Crippen LogP contribution in [0.5, 0.6) is 5.75 Å². The van der Waals surface area contributed by atoms with Gasteiger partial charge in [-0.05, 0) is 35.9 Å². The third-order valence-electron chi connectivity index (χ3n) is 8.38. The molecule has 13 nitrogen and oxygen atoms in total. The van der Waals surface area contributed by atoms with Gasteiger partial charge in [0.1, 0.15) is 18.3 Å². The number of anilines is 2. The zero-order valence-corrected chi connectivity index (χ0v) is 28.5. The lowest BCUT2D eigenvalue weighted by Gasteiger charge is -2.29. The number of benzene rings is 2. The summed E-state index contributed by atoms with van der Waals surface area (Å²) in [7, 11) is 1.29. The van der Waals surface area contributed by atoms with Gasteiger partial charge in [0.2, 0.25) is 11.9 Å². The molecule has 1 aliphatic heterocycles. The molecular formula is C34H39N10O3Si+. The van der Waals surface area contributed by atoms with E-state index in [0.717, 1.165) is 51.9 Å². The van der Waals surface area contributed by atoms with Crippen molar-refractivity contribution in [3.63, 3.8) is 0 Å². The standard InChI is InChI=1S/C34H39N10O3Si/c1-45-27-10-8-25(9-11-27)22-42(23-31-38-29-6-4-5-7-30(29)43(31)24-47-18-19-48(2)3)34-40-33(41-14-16-46-17-15-41)39-32-28(21-37-44(32)34)26-12-13-35-36-20-26/h4-13,20-21H,14-19,22-24H2,1-3H3/q+1. The highest BCUT2D eigenvalue weighted by atomic mass is 28.3. The molecule has 14 heteroatoms. The van der Waals surface area contributed by atoms with Crippen LogP contribution in [0.3, 0.4) is 0 Å². The van der Waals surface area contributed by atoms with E-state index in [1.807, 2.05) is 47.1 Å². The summed E-state index contributed by atoms with van der Waals surface area (Å²) in [6, 6.07) is 19.3. The minimum absolute atomic E-state index is 0.383. The predicted octanol–water partition coefficient (Wildman–Crippen LogP) is 4.71. The maximum Gasteiger partial charge on any atom is 0.310 e. The third kappa shape index (κ3) is 6.86. The molecule has 2 aromatic carbocycles. The summed E-state index contributed by atoms with van der Waals surface area (Å²) in [4.78, 5) is 19.8. The Labute approximate surface area is 280 Å². The van der Waals surface area contributed by atoms with E-state index in [-0.39, 0.29) is 8.80 Å². The topological polar surface area (TPSA) is 121 Å². The van der Waals surface area contributed by atoms with E-state index in [1.165, 1.54) is 0 Å². The van der Waals surface area contributed by atoms with E-state index in [0.29, 0.717) is 63.7 Å². The summed E-state index contributed by atoms with van der Waals surface area (Å²) in [5.74, 6) is 2.94. The first kappa shape index (κ1) is 31.7. The summed E-state index contributed by atoms with van der Waals surface area (Å²) in [5, 5.41) is 12.9. The lowest BCUT2D eigenvalue weighted by molar-refractivity contribution is 0.0882. The predicted molar refractivity (Wildman–Crippen MR) is 186 cm³/mol. The van der Waals surface area contributed by atoms with Crippen LogP contribution in [0, 0.1) is 0 Å². The maximum atomic E-state index is 6.23. The monoisotopic (exact) mass is 663 g/mol. The Morgan fingerprint density at radius 1 is 0.917 bits per heavy atom. The van der Waals surface area contributed by atoms with Gasteiger partial charge < -0.3 is 28.6 Å². The molecule has 0 bridgehead atoms. The Morgan fingerprint density at radius 3 is 2.52 bits per heavy atom. The van der Waals surface area contributed by atoms with Crippen LogP contribution < -0.4 is 14.5 Å². The van der Waals surface area contributed by atoms with Crippen molar-refractivity contribution < 1.29 is 14.2 Å². The molecule has 0 radical (unpaired) electrons. The Balaban J connectivity index is 1.35. The number of hydrogen-bond donors (Lipinski definition) is 0. The molecule has 1 aliphatic rings. The highest BCUT2D eigenvalue weighted by Gasteiger charge is 2.25. The number of hydrogen-bond acceptors (Lipinski definition) is 11. The molecule has 4 aromatic heterocycles. The van der Waals surface area contributed by atoms with Gasteiger partial charge in [0.05, 0.1) is 82.2 Å². The third-order valence-corrected chi connectivity index (χ3v) is 9.58. The second-order valence-corrected chi connectivity index (χ2v) is 14.9. The zero-order valence-electron chi connectivity index (χ0n) is 27.5. The van der Waals surface area contributed by atoms with Gasteiger partial charge in [0, 0.05) is 30.8 Å². The Morgan fingerprint density at radius 2 is 1.75 bits per heavy atom. The quantitative estimate of drug-likeness (QED) is 0.126. The number of methoxy groups -OCH3 is 1. The Kier molecular flexibility index (Phi) is 9.54. The molecule has 0 aliphatic carbocycles. The molecule has 0 spiro atoms. The normalized spacial score (nSPS) is 13.4. The Bertz CT molecular complexity index is 1960. The first-order valence-electron chi connectivity index (χ1n) is 16.1. The van der Waals surface area contributed by atoms with E-state index >= 15 is 0 Å². The second kappa shape index (κ2) is 14.5. The van der Waals surface area contributed by atoms with Crippen LogP contribution in [0.15, 0.2) is 73.2 Å². The van der Waals surface area contributed by atoms with Crippen molar-refractivity contribution >= 4 is 37.4 Å². The van der Waals surface area contributed by atoms with Gasteiger partial charge in [-0.3, -0.25) is 0 Å². The highest BCUT2D eigenvalue weighted by molar-refractivity contribution is 6.55. The van der Waals surface area contributed by atoms with Crippen LogP contribution in [0.25, 0.3) is 27.8 Å². The van der Waals surface area contributed by atoms with Gasteiger partial charge in [-0.1, -0.05) is 24.3 Å². The van der Waals surface area contributed by atoms with Crippen molar-refractivity contribution in [2.45, 2.75) is 39.0 Å². The minimum atomic E-state index is -0.383. The first-order valence-corrected chi connectivity index (χ1v) is 18.8. The molecule has 7 rings (SSSR count). The molecule has 5 heterocycles. The fourth-order valence-corrected chi connectivity index (χ4v) is 6.31. The number of nitrogens with zero attached hydrogens (tertiary/aromatic N) is 10. The van der Waals surface area contributed by atoms with E-state index in [9.17, 15) is 0 Å². The summed E-state index contributed by atoms with van der Waals surface area (Å²) < 4.78 is 21.3.